The number of nitrogens with two attached hydrogens (primary N) is 1. The summed E-state index contributed by atoms with van der Waals surface area (Å²) in [6.07, 6.45) is 0.191. The zero-order chi connectivity index (χ0) is 24.4. The third-order valence-corrected chi connectivity index (χ3v) is 6.28. The molecule has 0 aliphatic rings. The number of hydrogen-bond donors (Lipinski definition) is 1. The lowest BCUT2D eigenvalue weighted by molar-refractivity contribution is 0.538. The summed E-state index contributed by atoms with van der Waals surface area (Å²) in [7, 11) is 0. The Bertz CT molecular complexity index is 1380. The van der Waals surface area contributed by atoms with Crippen LogP contribution in [0.25, 0.3) is 11.1 Å². The molecule has 0 amide bonds. The van der Waals surface area contributed by atoms with E-state index in [1.165, 1.54) is 30.3 Å². The molecule has 1 heterocycles. The van der Waals surface area contributed by atoms with E-state index in [0.717, 1.165) is 5.56 Å². The fourth-order valence-electron chi connectivity index (χ4n) is 4.37. The highest BCUT2D eigenvalue weighted by Crippen LogP contribution is 2.28. The average molecular weight is 463 g/mol. The summed E-state index contributed by atoms with van der Waals surface area (Å²) in [6.45, 7) is 3.24. The van der Waals surface area contributed by atoms with Crippen molar-refractivity contribution in [3.8, 4) is 11.1 Å². The fourth-order valence-corrected chi connectivity index (χ4v) is 4.37. The lowest BCUT2D eigenvalue weighted by atomic mass is 9.93. The molecule has 2 N–H and O–H groups in total. The average Bonchev–Trinajstić information content (AvgIpc) is 2.83. The van der Waals surface area contributed by atoms with Crippen LogP contribution >= 0.6 is 0 Å². The molecule has 0 aliphatic carbocycles. The maximum atomic E-state index is 14.8. The molecule has 34 heavy (non-hydrogen) atoms. The Hall–Kier alpha value is -3.64. The van der Waals surface area contributed by atoms with Gasteiger partial charge in [-0.2, -0.15) is 0 Å². The SMILES string of the molecule is Cc1c(CC(N)c2ccccc2)c(=O)c(-c2ccccc2F)c(C)n1Cc1c(F)cccc1F. The first-order chi connectivity index (χ1) is 16.3. The molecule has 6 heteroatoms. The summed E-state index contributed by atoms with van der Waals surface area (Å²) in [4.78, 5) is 13.7. The minimum Gasteiger partial charge on any atom is -0.343 e. The molecule has 0 aliphatic heterocycles. The molecule has 0 saturated heterocycles. The molecule has 0 fully saturated rings. The van der Waals surface area contributed by atoms with Gasteiger partial charge in [-0.25, -0.2) is 13.2 Å². The lowest BCUT2D eigenvalue weighted by Crippen LogP contribution is -2.27. The van der Waals surface area contributed by atoms with E-state index in [1.807, 2.05) is 30.3 Å². The zero-order valence-corrected chi connectivity index (χ0v) is 19.0. The van der Waals surface area contributed by atoms with E-state index < -0.39 is 23.5 Å². The first-order valence-corrected chi connectivity index (χ1v) is 11.0. The monoisotopic (exact) mass is 462 g/mol. The van der Waals surface area contributed by atoms with E-state index in [2.05, 4.69) is 0 Å². The number of rotatable bonds is 6. The van der Waals surface area contributed by atoms with E-state index in [-0.39, 0.29) is 35.1 Å². The Balaban J connectivity index is 1.94. The minimum atomic E-state index is -0.688. The highest BCUT2D eigenvalue weighted by atomic mass is 19.1. The van der Waals surface area contributed by atoms with Gasteiger partial charge < -0.3 is 10.3 Å². The molecule has 0 bridgehead atoms. The van der Waals surface area contributed by atoms with Crippen molar-refractivity contribution in [3.05, 3.63) is 129 Å². The summed E-state index contributed by atoms with van der Waals surface area (Å²) >= 11 is 0. The smallest absolute Gasteiger partial charge is 0.193 e. The summed E-state index contributed by atoms with van der Waals surface area (Å²) < 4.78 is 45.5. The maximum absolute atomic E-state index is 14.8. The van der Waals surface area contributed by atoms with Gasteiger partial charge in [0.05, 0.1) is 12.1 Å². The second-order valence-electron chi connectivity index (χ2n) is 8.34. The molecule has 4 aromatic rings. The molecule has 0 radical (unpaired) electrons. The van der Waals surface area contributed by atoms with Crippen LogP contribution in [0.5, 0.6) is 0 Å². The van der Waals surface area contributed by atoms with Gasteiger partial charge in [0.1, 0.15) is 17.5 Å². The van der Waals surface area contributed by atoms with E-state index in [1.54, 1.807) is 30.5 Å². The van der Waals surface area contributed by atoms with Crippen molar-refractivity contribution in [3.63, 3.8) is 0 Å². The quantitative estimate of drug-likeness (QED) is 0.391. The van der Waals surface area contributed by atoms with Gasteiger partial charge in [0, 0.05) is 34.1 Å². The van der Waals surface area contributed by atoms with E-state index in [0.29, 0.717) is 17.0 Å². The van der Waals surface area contributed by atoms with Crippen LogP contribution in [-0.4, -0.2) is 4.57 Å². The number of benzene rings is 3. The van der Waals surface area contributed by atoms with Crippen molar-refractivity contribution in [2.75, 3.05) is 0 Å². The Morgan fingerprint density at radius 1 is 0.765 bits per heavy atom. The van der Waals surface area contributed by atoms with Crippen LogP contribution in [0.4, 0.5) is 13.2 Å². The number of pyridine rings is 1. The van der Waals surface area contributed by atoms with E-state index in [9.17, 15) is 18.0 Å². The minimum absolute atomic E-state index is 0.129. The summed E-state index contributed by atoms with van der Waals surface area (Å²) in [6, 6.07) is 18.5. The van der Waals surface area contributed by atoms with Gasteiger partial charge in [-0.15, -0.1) is 0 Å². The molecular weight excluding hydrogens is 437 g/mol. The van der Waals surface area contributed by atoms with Gasteiger partial charge in [-0.05, 0) is 44.0 Å². The van der Waals surface area contributed by atoms with Gasteiger partial charge in [0.15, 0.2) is 5.43 Å². The summed E-state index contributed by atoms with van der Waals surface area (Å²) in [5.74, 6) is -1.92. The molecule has 0 spiro atoms. The molecule has 1 unspecified atom stereocenters. The van der Waals surface area contributed by atoms with Crippen molar-refractivity contribution >= 4 is 0 Å². The Labute approximate surface area is 196 Å². The normalized spacial score (nSPS) is 12.1. The van der Waals surface area contributed by atoms with Crippen LogP contribution in [0.15, 0.2) is 77.6 Å². The molecule has 3 aromatic carbocycles. The molecule has 0 saturated carbocycles. The standard InChI is InChI=1S/C28H25F3N2O/c1-17-21(15-26(32)19-9-4-3-5-10-19)28(34)27(20-11-6-7-12-23(20)29)18(2)33(17)16-22-24(30)13-8-14-25(22)31/h3-14,26H,15-16,32H2,1-2H3. The molecule has 3 nitrogen and oxygen atoms in total. The van der Waals surface area contributed by atoms with Crippen LogP contribution in [-0.2, 0) is 13.0 Å². The van der Waals surface area contributed by atoms with E-state index in [4.69, 9.17) is 5.73 Å². The second-order valence-corrected chi connectivity index (χ2v) is 8.34. The first kappa shape index (κ1) is 23.5. The molecule has 1 atom stereocenters. The molecule has 174 valence electrons. The van der Waals surface area contributed by atoms with Crippen molar-refractivity contribution < 1.29 is 13.2 Å². The van der Waals surface area contributed by atoms with Gasteiger partial charge in [-0.1, -0.05) is 54.6 Å². The third kappa shape index (κ3) is 4.41. The largest absolute Gasteiger partial charge is 0.343 e. The van der Waals surface area contributed by atoms with Crippen molar-refractivity contribution in [1.29, 1.82) is 0 Å². The maximum Gasteiger partial charge on any atom is 0.193 e. The van der Waals surface area contributed by atoms with Gasteiger partial charge in [0.25, 0.3) is 0 Å². The van der Waals surface area contributed by atoms with Crippen molar-refractivity contribution in [2.45, 2.75) is 32.9 Å². The number of aromatic nitrogens is 1. The molecule has 1 aromatic heterocycles. The Morgan fingerprint density at radius 2 is 1.35 bits per heavy atom. The van der Waals surface area contributed by atoms with Crippen LogP contribution in [0.1, 0.15) is 34.1 Å². The van der Waals surface area contributed by atoms with Crippen LogP contribution < -0.4 is 11.2 Å². The van der Waals surface area contributed by atoms with Gasteiger partial charge in [0.2, 0.25) is 0 Å². The highest BCUT2D eigenvalue weighted by molar-refractivity contribution is 5.68. The summed E-state index contributed by atoms with van der Waals surface area (Å²) in [5, 5.41) is 0. The predicted octanol–water partition coefficient (Wildman–Crippen LogP) is 5.84. The van der Waals surface area contributed by atoms with Crippen LogP contribution in [0.2, 0.25) is 0 Å². The van der Waals surface area contributed by atoms with Crippen molar-refractivity contribution in [1.82, 2.24) is 4.57 Å². The molecular formula is C28H25F3N2O. The Morgan fingerprint density at radius 3 is 2.00 bits per heavy atom. The van der Waals surface area contributed by atoms with Crippen LogP contribution in [0, 0.1) is 31.3 Å². The third-order valence-electron chi connectivity index (χ3n) is 6.28. The number of nitrogens with zero attached hydrogens (tertiary/aromatic N) is 1. The Kier molecular flexibility index (Phi) is 6.70. The van der Waals surface area contributed by atoms with Gasteiger partial charge >= 0.3 is 0 Å². The fraction of sp³-hybridized carbons (Fsp3) is 0.179. The van der Waals surface area contributed by atoms with E-state index >= 15 is 0 Å². The predicted molar refractivity (Wildman–Crippen MR) is 128 cm³/mol. The zero-order valence-electron chi connectivity index (χ0n) is 19.0. The second kappa shape index (κ2) is 9.69. The highest BCUT2D eigenvalue weighted by Gasteiger charge is 2.23. The summed E-state index contributed by atoms with van der Waals surface area (Å²) in [5.41, 5.74) is 8.46. The molecule has 4 rings (SSSR count). The lowest BCUT2D eigenvalue weighted by Gasteiger charge is -2.23. The van der Waals surface area contributed by atoms with Crippen LogP contribution in [0.3, 0.4) is 0 Å². The first-order valence-electron chi connectivity index (χ1n) is 11.0. The van der Waals surface area contributed by atoms with Gasteiger partial charge in [-0.3, -0.25) is 4.79 Å². The number of hydrogen-bond acceptors (Lipinski definition) is 2. The van der Waals surface area contributed by atoms with Crippen molar-refractivity contribution in [2.24, 2.45) is 5.73 Å². The number of halogens is 3. The topological polar surface area (TPSA) is 48.0 Å².